The zero-order chi connectivity index (χ0) is 21.6. The van der Waals surface area contributed by atoms with E-state index in [1.807, 2.05) is 33.0 Å². The van der Waals surface area contributed by atoms with Gasteiger partial charge in [0, 0.05) is 29.2 Å². The fourth-order valence-corrected chi connectivity index (χ4v) is 3.91. The van der Waals surface area contributed by atoms with Gasteiger partial charge in [-0.2, -0.15) is 4.98 Å². The number of nitrogens with zero attached hydrogens (tertiary/aromatic N) is 4. The first-order valence-electron chi connectivity index (χ1n) is 9.31. The number of anilines is 2. The maximum Gasteiger partial charge on any atom is 0.260 e. The summed E-state index contributed by atoms with van der Waals surface area (Å²) in [5, 5.41) is 0.133. The van der Waals surface area contributed by atoms with Gasteiger partial charge in [-0.15, -0.1) is 0 Å². The minimum absolute atomic E-state index is 0.000291. The highest BCUT2D eigenvalue weighted by atomic mass is 35.5. The lowest BCUT2D eigenvalue weighted by atomic mass is 10.1. The Labute approximate surface area is 178 Å². The van der Waals surface area contributed by atoms with E-state index in [2.05, 4.69) is 19.9 Å². The number of rotatable bonds is 4. The second-order valence-electron chi connectivity index (χ2n) is 7.20. The molecule has 4 heterocycles. The molecule has 4 rings (SSSR count). The lowest BCUT2D eigenvalue weighted by Gasteiger charge is -2.19. The van der Waals surface area contributed by atoms with E-state index in [9.17, 15) is 4.79 Å². The molecule has 3 aromatic rings. The summed E-state index contributed by atoms with van der Waals surface area (Å²) >= 11 is 6.38. The molecule has 30 heavy (non-hydrogen) atoms. The number of nitrogen functional groups attached to an aromatic ring is 1. The SMILES string of the molecule is COc1c(C)cnc(CN2C(=O)C(=Cc3cc(C)c[nH]3)c3c(Cl)nc(N)nc32)c1C. The fourth-order valence-electron chi connectivity index (χ4n) is 3.64. The van der Waals surface area contributed by atoms with Crippen LogP contribution in [-0.4, -0.2) is 33.0 Å². The average Bonchev–Trinajstić information content (AvgIpc) is 3.20. The van der Waals surface area contributed by atoms with Crippen LogP contribution in [0.4, 0.5) is 11.8 Å². The van der Waals surface area contributed by atoms with Gasteiger partial charge in [0.05, 0.1) is 30.5 Å². The molecule has 0 aliphatic carbocycles. The van der Waals surface area contributed by atoms with Crippen LogP contribution in [0.1, 0.15) is 33.6 Å². The molecule has 0 aromatic carbocycles. The lowest BCUT2D eigenvalue weighted by Crippen LogP contribution is -2.27. The minimum Gasteiger partial charge on any atom is -0.496 e. The number of hydrogen-bond acceptors (Lipinski definition) is 6. The second-order valence-corrected chi connectivity index (χ2v) is 7.56. The van der Waals surface area contributed by atoms with Gasteiger partial charge in [0.25, 0.3) is 5.91 Å². The Balaban J connectivity index is 1.83. The molecular weight excluding hydrogens is 404 g/mol. The summed E-state index contributed by atoms with van der Waals surface area (Å²) < 4.78 is 5.49. The lowest BCUT2D eigenvalue weighted by molar-refractivity contribution is -0.113. The first-order chi connectivity index (χ1) is 14.3. The van der Waals surface area contributed by atoms with Crippen LogP contribution in [0.2, 0.25) is 5.15 Å². The molecule has 3 aromatic heterocycles. The fraction of sp³-hybridized carbons (Fsp3) is 0.238. The molecular formula is C21H21ClN6O2. The summed E-state index contributed by atoms with van der Waals surface area (Å²) in [5.41, 5.74) is 11.0. The zero-order valence-corrected chi connectivity index (χ0v) is 17.8. The van der Waals surface area contributed by atoms with Crippen molar-refractivity contribution >= 4 is 40.9 Å². The molecule has 0 spiro atoms. The number of H-pyrrole nitrogens is 1. The molecule has 3 N–H and O–H groups in total. The number of pyridine rings is 1. The highest BCUT2D eigenvalue weighted by molar-refractivity contribution is 6.41. The van der Waals surface area contributed by atoms with Gasteiger partial charge in [-0.1, -0.05) is 11.6 Å². The van der Waals surface area contributed by atoms with Crippen molar-refractivity contribution in [2.45, 2.75) is 27.3 Å². The Hall–Kier alpha value is -3.39. The van der Waals surface area contributed by atoms with Gasteiger partial charge in [0.15, 0.2) is 5.82 Å². The van der Waals surface area contributed by atoms with E-state index in [1.54, 1.807) is 19.4 Å². The Kier molecular flexibility index (Phi) is 4.95. The van der Waals surface area contributed by atoms with Crippen LogP contribution >= 0.6 is 11.6 Å². The van der Waals surface area contributed by atoms with Crippen molar-refractivity contribution in [1.29, 1.82) is 0 Å². The van der Waals surface area contributed by atoms with Crippen LogP contribution in [-0.2, 0) is 11.3 Å². The van der Waals surface area contributed by atoms with E-state index < -0.39 is 0 Å². The molecule has 8 nitrogen and oxygen atoms in total. The van der Waals surface area contributed by atoms with Crippen molar-refractivity contribution in [2.75, 3.05) is 17.7 Å². The van der Waals surface area contributed by atoms with Crippen LogP contribution in [0.3, 0.4) is 0 Å². The minimum atomic E-state index is -0.250. The Bertz CT molecular complexity index is 1200. The number of carbonyl (C=O) groups excluding carboxylic acids is 1. The molecule has 0 bridgehead atoms. The van der Waals surface area contributed by atoms with Gasteiger partial charge in [-0.25, -0.2) is 4.98 Å². The third-order valence-corrected chi connectivity index (χ3v) is 5.34. The van der Waals surface area contributed by atoms with Gasteiger partial charge >= 0.3 is 0 Å². The van der Waals surface area contributed by atoms with E-state index in [-0.39, 0.29) is 23.6 Å². The van der Waals surface area contributed by atoms with E-state index in [1.165, 1.54) is 4.90 Å². The average molecular weight is 425 g/mol. The van der Waals surface area contributed by atoms with Gasteiger partial charge in [-0.05, 0) is 38.5 Å². The molecule has 1 aliphatic rings. The van der Waals surface area contributed by atoms with Crippen LogP contribution < -0.4 is 15.4 Å². The van der Waals surface area contributed by atoms with Crippen LogP contribution in [0.25, 0.3) is 11.6 Å². The summed E-state index contributed by atoms with van der Waals surface area (Å²) in [5.74, 6) is 0.858. The van der Waals surface area contributed by atoms with Gasteiger partial charge in [0.1, 0.15) is 10.9 Å². The summed E-state index contributed by atoms with van der Waals surface area (Å²) in [7, 11) is 1.61. The van der Waals surface area contributed by atoms with Crippen LogP contribution in [0.15, 0.2) is 18.5 Å². The van der Waals surface area contributed by atoms with Gasteiger partial charge in [-0.3, -0.25) is 14.7 Å². The molecule has 0 atom stereocenters. The predicted molar refractivity (Wildman–Crippen MR) is 116 cm³/mol. The number of aromatic nitrogens is 4. The number of fused-ring (bicyclic) bond motifs is 1. The summed E-state index contributed by atoms with van der Waals surface area (Å²) in [6.45, 7) is 5.99. The molecule has 1 aliphatic heterocycles. The third kappa shape index (κ3) is 3.29. The second kappa shape index (κ2) is 7.46. The predicted octanol–water partition coefficient (Wildman–Crippen LogP) is 3.46. The van der Waals surface area contributed by atoms with E-state index in [4.69, 9.17) is 22.1 Å². The number of hydrogen-bond donors (Lipinski definition) is 2. The molecule has 0 saturated carbocycles. The van der Waals surface area contributed by atoms with E-state index in [0.717, 1.165) is 28.1 Å². The number of nitrogens with two attached hydrogens (primary N) is 1. The van der Waals surface area contributed by atoms with Gasteiger partial charge in [0.2, 0.25) is 5.95 Å². The van der Waals surface area contributed by atoms with Crippen molar-refractivity contribution in [3.05, 3.63) is 57.3 Å². The Morgan fingerprint density at radius 2 is 2.07 bits per heavy atom. The topological polar surface area (TPSA) is 110 Å². The molecule has 0 unspecified atom stereocenters. The Morgan fingerprint density at radius 1 is 1.30 bits per heavy atom. The summed E-state index contributed by atoms with van der Waals surface area (Å²) in [4.78, 5) is 30.9. The maximum absolute atomic E-state index is 13.4. The number of aryl methyl sites for hydroxylation is 2. The van der Waals surface area contributed by atoms with Crippen molar-refractivity contribution in [1.82, 2.24) is 19.9 Å². The van der Waals surface area contributed by atoms with Crippen molar-refractivity contribution in [3.8, 4) is 5.75 Å². The van der Waals surface area contributed by atoms with Crippen molar-refractivity contribution in [2.24, 2.45) is 0 Å². The highest BCUT2D eigenvalue weighted by Gasteiger charge is 2.37. The molecule has 0 radical (unpaired) electrons. The number of ether oxygens (including phenoxy) is 1. The van der Waals surface area contributed by atoms with Crippen molar-refractivity contribution in [3.63, 3.8) is 0 Å². The maximum atomic E-state index is 13.4. The molecule has 0 fully saturated rings. The zero-order valence-electron chi connectivity index (χ0n) is 17.1. The number of carbonyl (C=O) groups is 1. The number of amides is 1. The molecule has 1 amide bonds. The first kappa shape index (κ1) is 19.9. The van der Waals surface area contributed by atoms with E-state index in [0.29, 0.717) is 22.6 Å². The standard InChI is InChI=1S/C21H21ClN6O2/c1-10-5-13(24-7-10)6-14-16-18(22)26-21(23)27-19(16)28(20(14)29)9-15-12(3)17(30-4)11(2)8-25-15/h5-8,24H,9H2,1-4H3,(H2,23,26,27). The summed E-state index contributed by atoms with van der Waals surface area (Å²) in [6.07, 6.45) is 5.33. The smallest absolute Gasteiger partial charge is 0.260 e. The number of aromatic amines is 1. The normalized spacial score (nSPS) is 14.5. The third-order valence-electron chi connectivity index (χ3n) is 5.07. The quantitative estimate of drug-likeness (QED) is 0.490. The number of methoxy groups -OCH3 is 1. The summed E-state index contributed by atoms with van der Waals surface area (Å²) in [6, 6.07) is 1.94. The van der Waals surface area contributed by atoms with Crippen LogP contribution in [0.5, 0.6) is 5.75 Å². The van der Waals surface area contributed by atoms with Crippen LogP contribution in [0, 0.1) is 20.8 Å². The molecule has 154 valence electrons. The number of halogens is 1. The number of nitrogens with one attached hydrogen (secondary N) is 1. The monoisotopic (exact) mass is 424 g/mol. The van der Waals surface area contributed by atoms with E-state index >= 15 is 0 Å². The largest absolute Gasteiger partial charge is 0.496 e. The first-order valence-corrected chi connectivity index (χ1v) is 9.69. The highest BCUT2D eigenvalue weighted by Crippen LogP contribution is 2.41. The van der Waals surface area contributed by atoms with Gasteiger partial charge < -0.3 is 15.5 Å². The molecule has 9 heteroatoms. The molecule has 0 saturated heterocycles. The van der Waals surface area contributed by atoms with Crippen molar-refractivity contribution < 1.29 is 9.53 Å². The Morgan fingerprint density at radius 3 is 2.73 bits per heavy atom.